The van der Waals surface area contributed by atoms with E-state index in [1.54, 1.807) is 0 Å². The van der Waals surface area contributed by atoms with Crippen LogP contribution in [0.4, 0.5) is 4.39 Å². The van der Waals surface area contributed by atoms with Crippen LogP contribution in [-0.2, 0) is 11.2 Å². The Balaban J connectivity index is 1.59. The molecule has 1 amide bonds. The lowest BCUT2D eigenvalue weighted by Gasteiger charge is -2.38. The van der Waals surface area contributed by atoms with E-state index in [0.717, 1.165) is 38.2 Å². The molecule has 0 radical (unpaired) electrons. The monoisotopic (exact) mass is 369 g/mol. The molecule has 4 nitrogen and oxygen atoms in total. The third kappa shape index (κ3) is 5.88. The van der Waals surface area contributed by atoms with Crippen molar-refractivity contribution in [1.29, 1.82) is 0 Å². The number of hydrogen-bond donors (Lipinski definition) is 1. The molecule has 0 bridgehead atoms. The van der Waals surface area contributed by atoms with Crippen molar-refractivity contribution in [2.75, 3.05) is 39.8 Å². The van der Waals surface area contributed by atoms with Crippen molar-refractivity contribution in [2.24, 2.45) is 0 Å². The number of hydrogen-bond acceptors (Lipinski definition) is 3. The molecule has 27 heavy (non-hydrogen) atoms. The maximum absolute atomic E-state index is 13.3. The molecule has 1 heterocycles. The standard InChI is InChI=1S/C22H28FN3O/c1-25-13-15-26(16-14-25)21(19-8-10-20(23)11-9-19)17-24-22(27)12-7-18-5-3-2-4-6-18/h2-6,8-11,21H,7,12-17H2,1H3,(H,24,27)/t21-/m1/s1. The topological polar surface area (TPSA) is 35.6 Å². The molecule has 1 fully saturated rings. The van der Waals surface area contributed by atoms with Gasteiger partial charge in [-0.05, 0) is 36.7 Å². The Kier molecular flexibility index (Phi) is 6.96. The number of carbonyl (C=O) groups is 1. The number of nitrogens with one attached hydrogen (secondary N) is 1. The molecule has 0 unspecified atom stereocenters. The number of aryl methyl sites for hydroxylation is 1. The van der Waals surface area contributed by atoms with Crippen LogP contribution in [-0.4, -0.2) is 55.5 Å². The summed E-state index contributed by atoms with van der Waals surface area (Å²) in [6, 6.07) is 16.8. The van der Waals surface area contributed by atoms with Crippen molar-refractivity contribution in [2.45, 2.75) is 18.9 Å². The van der Waals surface area contributed by atoms with Crippen LogP contribution in [0.3, 0.4) is 0 Å². The molecular weight excluding hydrogens is 341 g/mol. The van der Waals surface area contributed by atoms with Crippen molar-refractivity contribution in [3.05, 3.63) is 71.5 Å². The van der Waals surface area contributed by atoms with Gasteiger partial charge in [0.15, 0.2) is 0 Å². The summed E-state index contributed by atoms with van der Waals surface area (Å²) >= 11 is 0. The van der Waals surface area contributed by atoms with E-state index in [1.165, 1.54) is 17.7 Å². The van der Waals surface area contributed by atoms with Gasteiger partial charge in [0.25, 0.3) is 0 Å². The van der Waals surface area contributed by atoms with Crippen LogP contribution in [0.2, 0.25) is 0 Å². The number of piperazine rings is 1. The molecule has 1 aliphatic rings. The fourth-order valence-electron chi connectivity index (χ4n) is 3.48. The predicted molar refractivity (Wildman–Crippen MR) is 106 cm³/mol. The fourth-order valence-corrected chi connectivity index (χ4v) is 3.48. The number of likely N-dealkylation sites (N-methyl/N-ethyl adjacent to an activating group) is 1. The minimum atomic E-state index is -0.234. The second kappa shape index (κ2) is 9.62. The maximum Gasteiger partial charge on any atom is 0.220 e. The van der Waals surface area contributed by atoms with Gasteiger partial charge in [0.05, 0.1) is 6.04 Å². The molecule has 3 rings (SSSR count). The van der Waals surface area contributed by atoms with Crippen LogP contribution in [0, 0.1) is 5.82 Å². The number of rotatable bonds is 7. The Hall–Kier alpha value is -2.24. The largest absolute Gasteiger partial charge is 0.354 e. The number of carbonyl (C=O) groups excluding carboxylic acids is 1. The van der Waals surface area contributed by atoms with E-state index >= 15 is 0 Å². The van der Waals surface area contributed by atoms with Gasteiger partial charge < -0.3 is 10.2 Å². The van der Waals surface area contributed by atoms with Gasteiger partial charge >= 0.3 is 0 Å². The highest BCUT2D eigenvalue weighted by atomic mass is 19.1. The highest BCUT2D eigenvalue weighted by Gasteiger charge is 2.24. The number of halogens is 1. The molecule has 0 aliphatic carbocycles. The van der Waals surface area contributed by atoms with Crippen molar-refractivity contribution in [3.8, 4) is 0 Å². The Morgan fingerprint density at radius 2 is 1.70 bits per heavy atom. The van der Waals surface area contributed by atoms with E-state index < -0.39 is 0 Å². The van der Waals surface area contributed by atoms with E-state index in [0.29, 0.717) is 13.0 Å². The van der Waals surface area contributed by atoms with Crippen LogP contribution in [0.15, 0.2) is 54.6 Å². The van der Waals surface area contributed by atoms with Gasteiger partial charge in [0.2, 0.25) is 5.91 Å². The molecule has 0 saturated carbocycles. The first-order valence-corrected chi connectivity index (χ1v) is 9.60. The summed E-state index contributed by atoms with van der Waals surface area (Å²) in [5.41, 5.74) is 2.21. The van der Waals surface area contributed by atoms with Gasteiger partial charge in [-0.15, -0.1) is 0 Å². The smallest absolute Gasteiger partial charge is 0.220 e. The Bertz CT molecular complexity index is 712. The Morgan fingerprint density at radius 1 is 1.04 bits per heavy atom. The lowest BCUT2D eigenvalue weighted by atomic mass is 10.0. The SMILES string of the molecule is CN1CCN([C@H](CNC(=O)CCc2ccccc2)c2ccc(F)cc2)CC1. The lowest BCUT2D eigenvalue weighted by Crippen LogP contribution is -2.48. The first-order chi connectivity index (χ1) is 13.1. The van der Waals surface area contributed by atoms with Crippen LogP contribution >= 0.6 is 0 Å². The fraction of sp³-hybridized carbons (Fsp3) is 0.409. The van der Waals surface area contributed by atoms with Gasteiger partial charge in [0.1, 0.15) is 5.82 Å². The lowest BCUT2D eigenvalue weighted by molar-refractivity contribution is -0.121. The van der Waals surface area contributed by atoms with Gasteiger partial charge in [-0.25, -0.2) is 4.39 Å². The zero-order valence-electron chi connectivity index (χ0n) is 15.9. The minimum absolute atomic E-state index is 0.0556. The normalized spacial score (nSPS) is 16.8. The summed E-state index contributed by atoms with van der Waals surface area (Å²) in [6.45, 7) is 4.43. The average molecular weight is 369 g/mol. The van der Waals surface area contributed by atoms with Crippen LogP contribution in [0.1, 0.15) is 23.6 Å². The number of amides is 1. The summed E-state index contributed by atoms with van der Waals surface area (Å²) in [5, 5.41) is 3.09. The molecule has 1 N–H and O–H groups in total. The minimum Gasteiger partial charge on any atom is -0.354 e. The van der Waals surface area contributed by atoms with Gasteiger partial charge in [-0.1, -0.05) is 42.5 Å². The third-order valence-electron chi connectivity index (χ3n) is 5.21. The van der Waals surface area contributed by atoms with E-state index in [9.17, 15) is 9.18 Å². The summed E-state index contributed by atoms with van der Waals surface area (Å²) in [5.74, 6) is -0.178. The van der Waals surface area contributed by atoms with Crippen LogP contribution in [0.25, 0.3) is 0 Å². The molecule has 1 aliphatic heterocycles. The molecular formula is C22H28FN3O. The number of benzene rings is 2. The second-order valence-electron chi connectivity index (χ2n) is 7.20. The average Bonchev–Trinajstić information content (AvgIpc) is 2.70. The number of nitrogens with zero attached hydrogens (tertiary/aromatic N) is 2. The van der Waals surface area contributed by atoms with E-state index in [1.807, 2.05) is 42.5 Å². The van der Waals surface area contributed by atoms with Crippen LogP contribution < -0.4 is 5.32 Å². The predicted octanol–water partition coefficient (Wildman–Crippen LogP) is 2.86. The summed E-state index contributed by atoms with van der Waals surface area (Å²) in [6.07, 6.45) is 1.21. The van der Waals surface area contributed by atoms with E-state index in [4.69, 9.17) is 0 Å². The van der Waals surface area contributed by atoms with Gasteiger partial charge in [-0.3, -0.25) is 9.69 Å². The van der Waals surface area contributed by atoms with Crippen molar-refractivity contribution in [1.82, 2.24) is 15.1 Å². The molecule has 2 aromatic rings. The molecule has 5 heteroatoms. The van der Waals surface area contributed by atoms with Gasteiger partial charge in [0, 0.05) is 39.1 Å². The van der Waals surface area contributed by atoms with Crippen LogP contribution in [0.5, 0.6) is 0 Å². The quantitative estimate of drug-likeness (QED) is 0.815. The van der Waals surface area contributed by atoms with Crippen molar-refractivity contribution >= 4 is 5.91 Å². The molecule has 1 atom stereocenters. The van der Waals surface area contributed by atoms with E-state index in [-0.39, 0.29) is 17.8 Å². The Labute approximate surface area is 161 Å². The third-order valence-corrected chi connectivity index (χ3v) is 5.21. The molecule has 0 aromatic heterocycles. The summed E-state index contributed by atoms with van der Waals surface area (Å²) in [7, 11) is 2.12. The van der Waals surface area contributed by atoms with E-state index in [2.05, 4.69) is 22.2 Å². The molecule has 0 spiro atoms. The zero-order valence-corrected chi connectivity index (χ0v) is 15.9. The highest BCUT2D eigenvalue weighted by Crippen LogP contribution is 2.22. The maximum atomic E-state index is 13.3. The molecule has 2 aromatic carbocycles. The molecule has 1 saturated heterocycles. The Morgan fingerprint density at radius 3 is 2.37 bits per heavy atom. The summed E-state index contributed by atoms with van der Waals surface area (Å²) in [4.78, 5) is 17.0. The summed E-state index contributed by atoms with van der Waals surface area (Å²) < 4.78 is 13.3. The second-order valence-corrected chi connectivity index (χ2v) is 7.20. The van der Waals surface area contributed by atoms with Crippen molar-refractivity contribution < 1.29 is 9.18 Å². The highest BCUT2D eigenvalue weighted by molar-refractivity contribution is 5.76. The van der Waals surface area contributed by atoms with Gasteiger partial charge in [-0.2, -0.15) is 0 Å². The first-order valence-electron chi connectivity index (χ1n) is 9.60. The molecule has 144 valence electrons. The van der Waals surface area contributed by atoms with Crippen molar-refractivity contribution in [3.63, 3.8) is 0 Å². The zero-order chi connectivity index (χ0) is 19.1. The first kappa shape index (κ1) is 19.5.